The second-order valence-corrected chi connectivity index (χ2v) is 3.78. The predicted molar refractivity (Wildman–Crippen MR) is 63.1 cm³/mol. The van der Waals surface area contributed by atoms with E-state index >= 15 is 0 Å². The zero-order valence-electron chi connectivity index (χ0n) is 10.2. The number of carbonyl (C=O) groups is 2. The van der Waals surface area contributed by atoms with E-state index in [-0.39, 0.29) is 18.2 Å². The van der Waals surface area contributed by atoms with E-state index in [9.17, 15) is 9.59 Å². The maximum absolute atomic E-state index is 12.0. The van der Waals surface area contributed by atoms with Crippen LogP contribution in [0.15, 0.2) is 24.3 Å². The van der Waals surface area contributed by atoms with Crippen LogP contribution in [0, 0.1) is 5.92 Å². The fourth-order valence-electron chi connectivity index (χ4n) is 1.49. The molecule has 92 valence electrons. The first-order valence-electron chi connectivity index (χ1n) is 5.33. The van der Waals surface area contributed by atoms with Crippen LogP contribution >= 0.6 is 0 Å². The maximum Gasteiger partial charge on any atom is 0.306 e. The van der Waals surface area contributed by atoms with Gasteiger partial charge < -0.3 is 9.47 Å². The van der Waals surface area contributed by atoms with Crippen molar-refractivity contribution in [3.63, 3.8) is 0 Å². The summed E-state index contributed by atoms with van der Waals surface area (Å²) in [7, 11) is 2.85. The molecule has 4 heteroatoms. The molecule has 0 aliphatic carbocycles. The number of ketones is 1. The topological polar surface area (TPSA) is 52.6 Å². The number of benzene rings is 1. The van der Waals surface area contributed by atoms with Crippen molar-refractivity contribution < 1.29 is 19.1 Å². The molecule has 0 saturated carbocycles. The third kappa shape index (κ3) is 3.59. The SMILES string of the molecule is COC(=O)C[C@@H](C)C(=O)c1cccc(OC)c1. The summed E-state index contributed by atoms with van der Waals surface area (Å²) in [5.74, 6) is -0.237. The number of hydrogen-bond acceptors (Lipinski definition) is 4. The Kier molecular flexibility index (Phi) is 4.69. The highest BCUT2D eigenvalue weighted by Gasteiger charge is 2.19. The van der Waals surface area contributed by atoms with Crippen molar-refractivity contribution in [1.29, 1.82) is 0 Å². The van der Waals surface area contributed by atoms with Crippen molar-refractivity contribution in [2.45, 2.75) is 13.3 Å². The molecule has 0 aliphatic heterocycles. The molecule has 0 amide bonds. The van der Waals surface area contributed by atoms with Crippen molar-refractivity contribution in [1.82, 2.24) is 0 Å². The Morgan fingerprint density at radius 2 is 2.00 bits per heavy atom. The van der Waals surface area contributed by atoms with Crippen molar-refractivity contribution in [3.05, 3.63) is 29.8 Å². The number of rotatable bonds is 5. The lowest BCUT2D eigenvalue weighted by molar-refractivity contribution is -0.141. The van der Waals surface area contributed by atoms with Gasteiger partial charge in [-0.25, -0.2) is 0 Å². The zero-order chi connectivity index (χ0) is 12.8. The van der Waals surface area contributed by atoms with Gasteiger partial charge in [0.1, 0.15) is 5.75 Å². The Morgan fingerprint density at radius 1 is 1.29 bits per heavy atom. The molecule has 0 bridgehead atoms. The van der Waals surface area contributed by atoms with Gasteiger partial charge in [-0.05, 0) is 12.1 Å². The van der Waals surface area contributed by atoms with Crippen LogP contribution in [0.3, 0.4) is 0 Å². The molecule has 0 N–H and O–H groups in total. The van der Waals surface area contributed by atoms with E-state index in [0.717, 1.165) is 0 Å². The summed E-state index contributed by atoms with van der Waals surface area (Å²) in [5, 5.41) is 0. The Balaban J connectivity index is 2.77. The summed E-state index contributed by atoms with van der Waals surface area (Å²) in [5.41, 5.74) is 0.542. The predicted octanol–water partition coefficient (Wildman–Crippen LogP) is 2.08. The summed E-state index contributed by atoms with van der Waals surface area (Å²) in [6.07, 6.45) is 0.0898. The molecule has 0 aromatic heterocycles. The van der Waals surface area contributed by atoms with Gasteiger partial charge >= 0.3 is 5.97 Å². The number of ether oxygens (including phenoxy) is 2. The third-order valence-electron chi connectivity index (χ3n) is 2.50. The fraction of sp³-hybridized carbons (Fsp3) is 0.385. The van der Waals surface area contributed by atoms with Gasteiger partial charge in [-0.1, -0.05) is 19.1 Å². The van der Waals surface area contributed by atoms with Crippen LogP contribution < -0.4 is 4.74 Å². The molecular weight excluding hydrogens is 220 g/mol. The standard InChI is InChI=1S/C13H16O4/c1-9(7-12(14)17-3)13(15)10-5-4-6-11(8-10)16-2/h4-6,8-9H,7H2,1-3H3/t9-/m1/s1. The number of methoxy groups -OCH3 is 2. The summed E-state index contributed by atoms with van der Waals surface area (Å²) in [6, 6.07) is 6.88. The first-order chi connectivity index (χ1) is 8.08. The van der Waals surface area contributed by atoms with Gasteiger partial charge in [-0.3, -0.25) is 9.59 Å². The van der Waals surface area contributed by atoms with Crippen molar-refractivity contribution in [2.75, 3.05) is 14.2 Å². The van der Waals surface area contributed by atoms with E-state index in [2.05, 4.69) is 4.74 Å². The summed E-state index contributed by atoms with van der Waals surface area (Å²) in [6.45, 7) is 1.71. The van der Waals surface area contributed by atoms with Gasteiger partial charge in [-0.15, -0.1) is 0 Å². The molecule has 0 saturated heterocycles. The molecular formula is C13H16O4. The van der Waals surface area contributed by atoms with E-state index in [1.165, 1.54) is 7.11 Å². The zero-order valence-corrected chi connectivity index (χ0v) is 10.2. The normalized spacial score (nSPS) is 11.7. The van der Waals surface area contributed by atoms with E-state index in [0.29, 0.717) is 11.3 Å². The first kappa shape index (κ1) is 13.2. The van der Waals surface area contributed by atoms with Gasteiger partial charge in [0.2, 0.25) is 0 Å². The monoisotopic (exact) mass is 236 g/mol. The average molecular weight is 236 g/mol. The molecule has 0 unspecified atom stereocenters. The highest BCUT2D eigenvalue weighted by Crippen LogP contribution is 2.17. The van der Waals surface area contributed by atoms with Crippen LogP contribution in [0.1, 0.15) is 23.7 Å². The number of hydrogen-bond donors (Lipinski definition) is 0. The lowest BCUT2D eigenvalue weighted by atomic mass is 9.96. The number of carbonyl (C=O) groups excluding carboxylic acids is 2. The molecule has 0 spiro atoms. The molecule has 1 aromatic carbocycles. The molecule has 0 heterocycles. The van der Waals surface area contributed by atoms with E-state index in [1.807, 2.05) is 0 Å². The third-order valence-corrected chi connectivity index (χ3v) is 2.50. The molecule has 1 atom stereocenters. The van der Waals surface area contributed by atoms with Crippen LogP contribution in [0.5, 0.6) is 5.75 Å². The number of Topliss-reactive ketones (excluding diaryl/α,β-unsaturated/α-hetero) is 1. The van der Waals surface area contributed by atoms with Gasteiger partial charge in [0.15, 0.2) is 5.78 Å². The number of esters is 1. The van der Waals surface area contributed by atoms with E-state index < -0.39 is 5.92 Å². The lowest BCUT2D eigenvalue weighted by Crippen LogP contribution is -2.16. The van der Waals surface area contributed by atoms with Crippen molar-refractivity contribution >= 4 is 11.8 Å². The smallest absolute Gasteiger partial charge is 0.306 e. The largest absolute Gasteiger partial charge is 0.497 e. The molecule has 0 radical (unpaired) electrons. The second-order valence-electron chi connectivity index (χ2n) is 3.78. The Hall–Kier alpha value is -1.84. The average Bonchev–Trinajstić information content (AvgIpc) is 2.37. The summed E-state index contributed by atoms with van der Waals surface area (Å²) in [4.78, 5) is 23.1. The van der Waals surface area contributed by atoms with E-state index in [1.54, 1.807) is 38.3 Å². The minimum atomic E-state index is -0.394. The first-order valence-corrected chi connectivity index (χ1v) is 5.33. The molecule has 4 nitrogen and oxygen atoms in total. The maximum atomic E-state index is 12.0. The van der Waals surface area contributed by atoms with E-state index in [4.69, 9.17) is 4.74 Å². The van der Waals surface area contributed by atoms with Gasteiger partial charge in [0.25, 0.3) is 0 Å². The fourth-order valence-corrected chi connectivity index (χ4v) is 1.49. The van der Waals surface area contributed by atoms with Crippen LogP contribution in [-0.4, -0.2) is 26.0 Å². The Morgan fingerprint density at radius 3 is 2.59 bits per heavy atom. The highest BCUT2D eigenvalue weighted by molar-refractivity contribution is 5.99. The molecule has 17 heavy (non-hydrogen) atoms. The molecule has 1 aromatic rings. The van der Waals surface area contributed by atoms with Crippen LogP contribution in [0.25, 0.3) is 0 Å². The summed E-state index contributed by atoms with van der Waals surface area (Å²) < 4.78 is 9.58. The quantitative estimate of drug-likeness (QED) is 0.580. The minimum absolute atomic E-state index is 0.0886. The van der Waals surface area contributed by atoms with Crippen LogP contribution in [0.2, 0.25) is 0 Å². The van der Waals surface area contributed by atoms with Crippen molar-refractivity contribution in [2.24, 2.45) is 5.92 Å². The Labute approximate surface area is 101 Å². The molecule has 1 rings (SSSR count). The summed E-state index contributed by atoms with van der Waals surface area (Å²) >= 11 is 0. The highest BCUT2D eigenvalue weighted by atomic mass is 16.5. The Bertz CT molecular complexity index is 412. The second kappa shape index (κ2) is 6.03. The minimum Gasteiger partial charge on any atom is -0.497 e. The molecule has 0 aliphatic rings. The van der Waals surface area contributed by atoms with Gasteiger partial charge in [0.05, 0.1) is 20.6 Å². The van der Waals surface area contributed by atoms with Gasteiger partial charge in [0, 0.05) is 11.5 Å². The van der Waals surface area contributed by atoms with Crippen LogP contribution in [0.4, 0.5) is 0 Å². The lowest BCUT2D eigenvalue weighted by Gasteiger charge is -2.09. The van der Waals surface area contributed by atoms with Gasteiger partial charge in [-0.2, -0.15) is 0 Å². The van der Waals surface area contributed by atoms with Crippen LogP contribution in [-0.2, 0) is 9.53 Å². The molecule has 0 fully saturated rings. The van der Waals surface area contributed by atoms with Crippen molar-refractivity contribution in [3.8, 4) is 5.75 Å².